The third kappa shape index (κ3) is 2.40. The second kappa shape index (κ2) is 6.23. The summed E-state index contributed by atoms with van der Waals surface area (Å²) in [4.78, 5) is 9.28. The minimum Gasteiger partial charge on any atom is -0.494 e. The molecule has 0 bridgehead atoms. The van der Waals surface area contributed by atoms with E-state index in [4.69, 9.17) is 10.7 Å². The van der Waals surface area contributed by atoms with Crippen molar-refractivity contribution in [2.75, 3.05) is 5.73 Å². The minimum atomic E-state index is 0.186. The van der Waals surface area contributed by atoms with Crippen molar-refractivity contribution in [3.8, 4) is 17.0 Å². The maximum atomic E-state index is 10.6. The lowest BCUT2D eigenvalue weighted by atomic mass is 9.99. The number of para-hydroxylation sites is 1. The number of rotatable bonds is 3. The number of pyridine rings is 2. The van der Waals surface area contributed by atoms with Crippen LogP contribution in [0.15, 0.2) is 60.9 Å². The maximum Gasteiger partial charge on any atom is 0.202 e. The van der Waals surface area contributed by atoms with Crippen LogP contribution >= 0.6 is 0 Å². The summed E-state index contributed by atoms with van der Waals surface area (Å²) in [6.07, 6.45) is 4.60. The van der Waals surface area contributed by atoms with Crippen molar-refractivity contribution < 1.29 is 5.11 Å². The Labute approximate surface area is 162 Å². The number of benzene rings is 2. The third-order valence-corrected chi connectivity index (χ3v) is 5.24. The Hall–Kier alpha value is -3.60. The van der Waals surface area contributed by atoms with Gasteiger partial charge in [-0.3, -0.25) is 4.98 Å². The van der Waals surface area contributed by atoms with Crippen molar-refractivity contribution in [1.82, 2.24) is 14.5 Å². The topological polar surface area (TPSA) is 77.0 Å². The molecule has 0 unspecified atom stereocenters. The Balaban J connectivity index is 1.80. The number of fused-ring (bicyclic) bond motifs is 3. The van der Waals surface area contributed by atoms with E-state index >= 15 is 0 Å². The molecule has 0 atom stereocenters. The summed E-state index contributed by atoms with van der Waals surface area (Å²) in [6.45, 7) is 2.80. The number of hydrogen-bond acceptors (Lipinski definition) is 4. The Morgan fingerprint density at radius 3 is 2.82 bits per heavy atom. The molecule has 28 heavy (non-hydrogen) atoms. The largest absolute Gasteiger partial charge is 0.494 e. The SMILES string of the molecule is CCCn1cc2nc3c(-c4ccc5ncccc5c4)cccc3c(N)c2c1O. The van der Waals surface area contributed by atoms with Gasteiger partial charge in [-0.1, -0.05) is 37.3 Å². The molecule has 0 spiro atoms. The van der Waals surface area contributed by atoms with E-state index < -0.39 is 0 Å². The lowest BCUT2D eigenvalue weighted by Gasteiger charge is -2.10. The van der Waals surface area contributed by atoms with Crippen LogP contribution in [0, 0.1) is 0 Å². The lowest BCUT2D eigenvalue weighted by Crippen LogP contribution is -1.94. The van der Waals surface area contributed by atoms with Gasteiger partial charge in [0.1, 0.15) is 0 Å². The summed E-state index contributed by atoms with van der Waals surface area (Å²) >= 11 is 0. The Bertz CT molecular complexity index is 1350. The fourth-order valence-corrected chi connectivity index (χ4v) is 3.90. The van der Waals surface area contributed by atoms with E-state index in [0.29, 0.717) is 16.6 Å². The first-order chi connectivity index (χ1) is 13.7. The van der Waals surface area contributed by atoms with Crippen LogP contribution in [-0.4, -0.2) is 19.6 Å². The standard InChI is InChI=1S/C23H20N4O/c1-2-11-27-13-19-20(23(27)28)21(24)17-7-3-6-16(22(17)26-19)14-8-9-18-15(12-14)5-4-10-25-18/h3-10,12-13,28H,2,11,24H2,1H3. The molecular weight excluding hydrogens is 348 g/mol. The molecule has 3 N–H and O–H groups in total. The third-order valence-electron chi connectivity index (χ3n) is 5.24. The number of nitrogens with two attached hydrogens (primary N) is 1. The smallest absolute Gasteiger partial charge is 0.202 e. The molecule has 0 aliphatic heterocycles. The summed E-state index contributed by atoms with van der Waals surface area (Å²) in [5, 5.41) is 13.2. The van der Waals surface area contributed by atoms with Crippen LogP contribution in [0.2, 0.25) is 0 Å². The van der Waals surface area contributed by atoms with E-state index in [1.165, 1.54) is 0 Å². The van der Waals surface area contributed by atoms with Crippen LogP contribution < -0.4 is 5.73 Å². The molecule has 138 valence electrons. The van der Waals surface area contributed by atoms with Crippen LogP contribution in [0.25, 0.3) is 43.8 Å². The van der Waals surface area contributed by atoms with E-state index in [0.717, 1.165) is 45.9 Å². The Morgan fingerprint density at radius 1 is 1.07 bits per heavy atom. The molecule has 0 radical (unpaired) electrons. The van der Waals surface area contributed by atoms with Gasteiger partial charge in [-0.05, 0) is 30.2 Å². The number of aromatic nitrogens is 3. The zero-order chi connectivity index (χ0) is 19.3. The van der Waals surface area contributed by atoms with E-state index in [2.05, 4.69) is 36.2 Å². The van der Waals surface area contributed by atoms with E-state index in [1.807, 2.05) is 35.0 Å². The van der Waals surface area contributed by atoms with E-state index in [-0.39, 0.29) is 5.88 Å². The molecule has 3 heterocycles. The van der Waals surface area contributed by atoms with Crippen LogP contribution in [0.4, 0.5) is 5.69 Å². The van der Waals surface area contributed by atoms with E-state index in [9.17, 15) is 5.11 Å². The first-order valence-electron chi connectivity index (χ1n) is 9.42. The van der Waals surface area contributed by atoms with Crippen LogP contribution in [0.3, 0.4) is 0 Å². The quantitative estimate of drug-likeness (QED) is 0.464. The van der Waals surface area contributed by atoms with Gasteiger partial charge >= 0.3 is 0 Å². The molecule has 3 aromatic heterocycles. The number of anilines is 1. The molecule has 0 saturated heterocycles. The van der Waals surface area contributed by atoms with Gasteiger partial charge in [-0.2, -0.15) is 0 Å². The highest BCUT2D eigenvalue weighted by Crippen LogP contribution is 2.39. The van der Waals surface area contributed by atoms with E-state index in [1.54, 1.807) is 6.20 Å². The fraction of sp³-hybridized carbons (Fsp3) is 0.130. The molecule has 0 aliphatic rings. The number of aryl methyl sites for hydroxylation is 1. The minimum absolute atomic E-state index is 0.186. The molecule has 0 saturated carbocycles. The molecule has 0 amide bonds. The highest BCUT2D eigenvalue weighted by molar-refractivity contribution is 6.12. The second-order valence-corrected chi connectivity index (χ2v) is 7.04. The normalized spacial score (nSPS) is 11.6. The van der Waals surface area contributed by atoms with Gasteiger partial charge in [-0.25, -0.2) is 4.98 Å². The average molecular weight is 368 g/mol. The first-order valence-corrected chi connectivity index (χ1v) is 9.42. The summed E-state index contributed by atoms with van der Waals surface area (Å²) in [5.74, 6) is 0.186. The molecule has 5 rings (SSSR count). The number of nitrogens with zero attached hydrogens (tertiary/aromatic N) is 3. The summed E-state index contributed by atoms with van der Waals surface area (Å²) in [5.41, 5.74) is 11.6. The van der Waals surface area contributed by atoms with Crippen molar-refractivity contribution >= 4 is 38.4 Å². The fourth-order valence-electron chi connectivity index (χ4n) is 3.90. The number of nitrogen functional groups attached to an aromatic ring is 1. The molecule has 5 nitrogen and oxygen atoms in total. The predicted octanol–water partition coefficient (Wildman–Crippen LogP) is 5.10. The molecule has 0 aliphatic carbocycles. The van der Waals surface area contributed by atoms with Crippen LogP contribution in [-0.2, 0) is 6.54 Å². The van der Waals surface area contributed by atoms with Crippen LogP contribution in [0.1, 0.15) is 13.3 Å². The second-order valence-electron chi connectivity index (χ2n) is 7.04. The van der Waals surface area contributed by atoms with Gasteiger partial charge in [0.15, 0.2) is 0 Å². The molecular formula is C23H20N4O. The Kier molecular flexibility index (Phi) is 3.69. The summed E-state index contributed by atoms with van der Waals surface area (Å²) in [6, 6.07) is 16.2. The highest BCUT2D eigenvalue weighted by Gasteiger charge is 2.17. The zero-order valence-electron chi connectivity index (χ0n) is 15.6. The number of aromatic hydroxyl groups is 1. The van der Waals surface area contributed by atoms with Crippen molar-refractivity contribution in [3.63, 3.8) is 0 Å². The van der Waals surface area contributed by atoms with Gasteiger partial charge in [-0.15, -0.1) is 0 Å². The lowest BCUT2D eigenvalue weighted by molar-refractivity contribution is 0.421. The van der Waals surface area contributed by atoms with Gasteiger partial charge in [0.05, 0.1) is 27.6 Å². The molecule has 0 fully saturated rings. The van der Waals surface area contributed by atoms with Gasteiger partial charge < -0.3 is 15.4 Å². The van der Waals surface area contributed by atoms with Gasteiger partial charge in [0.2, 0.25) is 5.88 Å². The van der Waals surface area contributed by atoms with Gasteiger partial charge in [0.25, 0.3) is 0 Å². The maximum absolute atomic E-state index is 10.6. The first kappa shape index (κ1) is 16.6. The average Bonchev–Trinajstić information content (AvgIpc) is 3.03. The van der Waals surface area contributed by atoms with Crippen molar-refractivity contribution in [2.24, 2.45) is 0 Å². The molecule has 5 aromatic rings. The molecule has 5 heteroatoms. The van der Waals surface area contributed by atoms with Crippen molar-refractivity contribution in [2.45, 2.75) is 19.9 Å². The molecule has 2 aromatic carbocycles. The zero-order valence-corrected chi connectivity index (χ0v) is 15.6. The summed E-state index contributed by atoms with van der Waals surface area (Å²) < 4.78 is 1.81. The number of hydrogen-bond donors (Lipinski definition) is 2. The monoisotopic (exact) mass is 368 g/mol. The Morgan fingerprint density at radius 2 is 1.96 bits per heavy atom. The van der Waals surface area contributed by atoms with Crippen LogP contribution in [0.5, 0.6) is 5.88 Å². The van der Waals surface area contributed by atoms with Crippen molar-refractivity contribution in [1.29, 1.82) is 0 Å². The highest BCUT2D eigenvalue weighted by atomic mass is 16.3. The van der Waals surface area contributed by atoms with Crippen molar-refractivity contribution in [3.05, 3.63) is 60.9 Å². The summed E-state index contributed by atoms with van der Waals surface area (Å²) in [7, 11) is 0. The van der Waals surface area contributed by atoms with Gasteiger partial charge in [0, 0.05) is 35.3 Å². The predicted molar refractivity (Wildman–Crippen MR) is 114 cm³/mol.